The third kappa shape index (κ3) is 3.83. The lowest BCUT2D eigenvalue weighted by atomic mass is 10.2. The second-order valence-corrected chi connectivity index (χ2v) is 5.94. The highest BCUT2D eigenvalue weighted by molar-refractivity contribution is 7.09. The summed E-state index contributed by atoms with van der Waals surface area (Å²) in [6.45, 7) is 3.90. The number of morpholine rings is 1. The SMILES string of the molecule is N#Cc1cccc(OCCN2CCOC(c3nccs3)C2)c1. The predicted molar refractivity (Wildman–Crippen MR) is 83.9 cm³/mol. The van der Waals surface area contributed by atoms with Crippen LogP contribution in [0.1, 0.15) is 16.7 Å². The van der Waals surface area contributed by atoms with Crippen LogP contribution in [0.25, 0.3) is 0 Å². The Labute approximate surface area is 133 Å². The van der Waals surface area contributed by atoms with Gasteiger partial charge < -0.3 is 9.47 Å². The van der Waals surface area contributed by atoms with E-state index in [-0.39, 0.29) is 6.10 Å². The first-order chi connectivity index (χ1) is 10.8. The van der Waals surface area contributed by atoms with Crippen molar-refractivity contribution >= 4 is 11.3 Å². The van der Waals surface area contributed by atoms with E-state index in [0.29, 0.717) is 18.8 Å². The van der Waals surface area contributed by atoms with Crippen molar-refractivity contribution in [3.05, 3.63) is 46.4 Å². The molecule has 0 N–H and O–H groups in total. The van der Waals surface area contributed by atoms with E-state index in [0.717, 1.165) is 30.4 Å². The van der Waals surface area contributed by atoms with Crippen molar-refractivity contribution in [2.75, 3.05) is 32.8 Å². The molecule has 2 heterocycles. The Hall–Kier alpha value is -1.94. The Morgan fingerprint density at radius 2 is 2.45 bits per heavy atom. The number of rotatable bonds is 5. The van der Waals surface area contributed by atoms with Crippen molar-refractivity contribution in [3.63, 3.8) is 0 Å². The van der Waals surface area contributed by atoms with Crippen LogP contribution < -0.4 is 4.74 Å². The van der Waals surface area contributed by atoms with Gasteiger partial charge in [-0.05, 0) is 18.2 Å². The lowest BCUT2D eigenvalue weighted by molar-refractivity contribution is -0.0329. The molecule has 1 fully saturated rings. The number of nitriles is 1. The molecular formula is C16H17N3O2S. The summed E-state index contributed by atoms with van der Waals surface area (Å²) in [5.74, 6) is 0.740. The molecule has 0 aliphatic carbocycles. The fraction of sp³-hybridized carbons (Fsp3) is 0.375. The first-order valence-corrected chi connectivity index (χ1v) is 8.09. The van der Waals surface area contributed by atoms with Gasteiger partial charge >= 0.3 is 0 Å². The number of ether oxygens (including phenoxy) is 2. The molecule has 0 amide bonds. The van der Waals surface area contributed by atoms with Crippen molar-refractivity contribution < 1.29 is 9.47 Å². The maximum atomic E-state index is 8.88. The van der Waals surface area contributed by atoms with Gasteiger partial charge in [-0.15, -0.1) is 11.3 Å². The van der Waals surface area contributed by atoms with Crippen molar-refractivity contribution in [2.45, 2.75) is 6.10 Å². The van der Waals surface area contributed by atoms with Gasteiger partial charge in [0.15, 0.2) is 0 Å². The Kier molecular flexibility index (Phi) is 5.01. The maximum absolute atomic E-state index is 8.88. The van der Waals surface area contributed by atoms with Crippen LogP contribution in [0.5, 0.6) is 5.75 Å². The predicted octanol–water partition coefficient (Wildman–Crippen LogP) is 2.47. The summed E-state index contributed by atoms with van der Waals surface area (Å²) in [6, 6.07) is 9.36. The lowest BCUT2D eigenvalue weighted by Gasteiger charge is -2.31. The highest BCUT2D eigenvalue weighted by Crippen LogP contribution is 2.23. The summed E-state index contributed by atoms with van der Waals surface area (Å²) >= 11 is 1.63. The molecule has 1 aliphatic heterocycles. The van der Waals surface area contributed by atoms with Crippen LogP contribution in [0.15, 0.2) is 35.8 Å². The minimum Gasteiger partial charge on any atom is -0.492 e. The molecule has 0 spiro atoms. The summed E-state index contributed by atoms with van der Waals surface area (Å²) < 4.78 is 11.5. The Bertz CT molecular complexity index is 639. The number of thiazole rings is 1. The van der Waals surface area contributed by atoms with E-state index in [1.54, 1.807) is 23.5 Å². The van der Waals surface area contributed by atoms with Gasteiger partial charge in [-0.1, -0.05) is 6.07 Å². The first kappa shape index (κ1) is 15.0. The summed E-state index contributed by atoms with van der Waals surface area (Å²) in [4.78, 5) is 6.65. The van der Waals surface area contributed by atoms with E-state index < -0.39 is 0 Å². The van der Waals surface area contributed by atoms with Gasteiger partial charge in [0.25, 0.3) is 0 Å². The third-order valence-corrected chi connectivity index (χ3v) is 4.38. The quantitative estimate of drug-likeness (QED) is 0.848. The topological polar surface area (TPSA) is 58.4 Å². The van der Waals surface area contributed by atoms with E-state index in [4.69, 9.17) is 14.7 Å². The molecular weight excluding hydrogens is 298 g/mol. The number of benzene rings is 1. The van der Waals surface area contributed by atoms with Gasteiger partial charge in [0.1, 0.15) is 23.5 Å². The molecule has 5 nitrogen and oxygen atoms in total. The normalized spacial score (nSPS) is 18.8. The van der Waals surface area contributed by atoms with Gasteiger partial charge in [0.2, 0.25) is 0 Å². The van der Waals surface area contributed by atoms with Gasteiger partial charge in [0.05, 0.1) is 18.2 Å². The van der Waals surface area contributed by atoms with E-state index in [1.165, 1.54) is 0 Å². The molecule has 0 radical (unpaired) electrons. The number of hydrogen-bond acceptors (Lipinski definition) is 6. The minimum absolute atomic E-state index is 0.0654. The zero-order chi connectivity index (χ0) is 15.2. The number of hydrogen-bond donors (Lipinski definition) is 0. The molecule has 1 aliphatic rings. The molecule has 2 aromatic rings. The van der Waals surface area contributed by atoms with Gasteiger partial charge in [0, 0.05) is 31.2 Å². The second kappa shape index (κ2) is 7.36. The van der Waals surface area contributed by atoms with E-state index in [1.807, 2.05) is 23.7 Å². The van der Waals surface area contributed by atoms with Crippen LogP contribution in [0, 0.1) is 11.3 Å². The first-order valence-electron chi connectivity index (χ1n) is 7.21. The molecule has 1 aromatic heterocycles. The molecule has 1 unspecified atom stereocenters. The third-order valence-electron chi connectivity index (χ3n) is 3.52. The van der Waals surface area contributed by atoms with Crippen molar-refractivity contribution in [3.8, 4) is 11.8 Å². The Balaban J connectivity index is 1.48. The second-order valence-electron chi connectivity index (χ2n) is 5.02. The fourth-order valence-electron chi connectivity index (χ4n) is 2.40. The van der Waals surface area contributed by atoms with Crippen LogP contribution in [-0.2, 0) is 4.74 Å². The summed E-state index contributed by atoms with van der Waals surface area (Å²) in [7, 11) is 0. The molecule has 6 heteroatoms. The highest BCUT2D eigenvalue weighted by Gasteiger charge is 2.23. The van der Waals surface area contributed by atoms with Crippen LogP contribution in [0.2, 0.25) is 0 Å². The molecule has 0 bridgehead atoms. The minimum atomic E-state index is 0.0654. The van der Waals surface area contributed by atoms with E-state index >= 15 is 0 Å². The highest BCUT2D eigenvalue weighted by atomic mass is 32.1. The van der Waals surface area contributed by atoms with Crippen LogP contribution in [0.4, 0.5) is 0 Å². The van der Waals surface area contributed by atoms with E-state index in [9.17, 15) is 0 Å². The van der Waals surface area contributed by atoms with Crippen LogP contribution in [-0.4, -0.2) is 42.7 Å². The summed E-state index contributed by atoms with van der Waals surface area (Å²) in [5.41, 5.74) is 0.618. The lowest BCUT2D eigenvalue weighted by Crippen LogP contribution is -2.40. The maximum Gasteiger partial charge on any atom is 0.123 e. The molecule has 114 valence electrons. The van der Waals surface area contributed by atoms with Crippen LogP contribution in [0.3, 0.4) is 0 Å². The van der Waals surface area contributed by atoms with E-state index in [2.05, 4.69) is 16.0 Å². The molecule has 3 rings (SSSR count). The Morgan fingerprint density at radius 1 is 1.50 bits per heavy atom. The molecule has 0 saturated carbocycles. The van der Waals surface area contributed by atoms with Crippen molar-refractivity contribution in [1.29, 1.82) is 5.26 Å². The van der Waals surface area contributed by atoms with Crippen molar-refractivity contribution in [1.82, 2.24) is 9.88 Å². The Morgan fingerprint density at radius 3 is 3.27 bits per heavy atom. The monoisotopic (exact) mass is 315 g/mol. The zero-order valence-electron chi connectivity index (χ0n) is 12.1. The van der Waals surface area contributed by atoms with Crippen molar-refractivity contribution in [2.24, 2.45) is 0 Å². The van der Waals surface area contributed by atoms with Gasteiger partial charge in [-0.25, -0.2) is 4.98 Å². The molecule has 1 saturated heterocycles. The zero-order valence-corrected chi connectivity index (χ0v) is 13.0. The van der Waals surface area contributed by atoms with Crippen LogP contribution >= 0.6 is 11.3 Å². The fourth-order valence-corrected chi connectivity index (χ4v) is 3.07. The number of nitrogens with zero attached hydrogens (tertiary/aromatic N) is 3. The largest absolute Gasteiger partial charge is 0.492 e. The number of aromatic nitrogens is 1. The summed E-state index contributed by atoms with van der Waals surface area (Å²) in [6.07, 6.45) is 1.88. The molecule has 1 aromatic carbocycles. The van der Waals surface area contributed by atoms with Gasteiger partial charge in [-0.2, -0.15) is 5.26 Å². The van der Waals surface area contributed by atoms with Gasteiger partial charge in [-0.3, -0.25) is 4.90 Å². The smallest absolute Gasteiger partial charge is 0.123 e. The molecule has 1 atom stereocenters. The average molecular weight is 315 g/mol. The molecule has 22 heavy (non-hydrogen) atoms. The summed E-state index contributed by atoms with van der Waals surface area (Å²) in [5, 5.41) is 11.9. The standard InChI is InChI=1S/C16H17N3O2S/c17-11-13-2-1-3-14(10-13)20-7-5-19-6-8-21-15(12-19)16-18-4-9-22-16/h1-4,9-10,15H,5-8,12H2. The average Bonchev–Trinajstić information content (AvgIpc) is 3.10.